The van der Waals surface area contributed by atoms with E-state index in [1.807, 2.05) is 27.7 Å². The lowest BCUT2D eigenvalue weighted by Gasteiger charge is -2.27. The van der Waals surface area contributed by atoms with E-state index in [2.05, 4.69) is 10.3 Å². The summed E-state index contributed by atoms with van der Waals surface area (Å²) in [5.41, 5.74) is 5.26. The second-order valence-electron chi connectivity index (χ2n) is 6.10. The van der Waals surface area contributed by atoms with Crippen LogP contribution in [0, 0.1) is 0 Å². The van der Waals surface area contributed by atoms with Crippen molar-refractivity contribution < 1.29 is 9.53 Å². The van der Waals surface area contributed by atoms with E-state index < -0.39 is 5.60 Å². The predicted octanol–water partition coefficient (Wildman–Crippen LogP) is 2.32. The monoisotopic (exact) mass is 412 g/mol. The molecule has 6 nitrogen and oxygen atoms in total. The van der Waals surface area contributed by atoms with Gasteiger partial charge in [0.1, 0.15) is 5.60 Å². The number of carbonyl (C=O) groups excluding carboxylic acids is 1. The van der Waals surface area contributed by atoms with E-state index in [0.29, 0.717) is 25.1 Å². The molecule has 0 bridgehead atoms. The second kappa shape index (κ2) is 9.32. The predicted molar refractivity (Wildman–Crippen MR) is 96.2 cm³/mol. The smallest absolute Gasteiger partial charge is 0.410 e. The number of guanidine groups is 1. The van der Waals surface area contributed by atoms with Gasteiger partial charge in [0, 0.05) is 25.7 Å². The molecular weight excluding hydrogens is 383 g/mol. The number of amides is 1. The Labute approximate surface area is 144 Å². The van der Waals surface area contributed by atoms with Gasteiger partial charge in [-0.1, -0.05) is 6.92 Å². The molecule has 0 aromatic heterocycles. The van der Waals surface area contributed by atoms with Gasteiger partial charge in [0.2, 0.25) is 0 Å². The third kappa shape index (κ3) is 9.00. The second-order valence-corrected chi connectivity index (χ2v) is 6.10. The Hall–Kier alpha value is -0.730. The number of hydrogen-bond acceptors (Lipinski definition) is 3. The van der Waals surface area contributed by atoms with Gasteiger partial charge in [-0.15, -0.1) is 24.0 Å². The Balaban J connectivity index is 0.00000400. The van der Waals surface area contributed by atoms with E-state index in [1.54, 1.807) is 4.90 Å². The molecule has 0 spiro atoms. The van der Waals surface area contributed by atoms with Crippen LogP contribution in [-0.2, 0) is 4.74 Å². The first-order valence-corrected chi connectivity index (χ1v) is 7.37. The molecule has 1 aliphatic rings. The number of rotatable bonds is 6. The number of ether oxygens (including phenoxy) is 1. The van der Waals surface area contributed by atoms with Crippen molar-refractivity contribution in [1.29, 1.82) is 0 Å². The minimum absolute atomic E-state index is 0. The Bertz CT molecular complexity index is 351. The third-order valence-electron chi connectivity index (χ3n) is 2.78. The molecule has 1 rings (SSSR count). The highest BCUT2D eigenvalue weighted by Gasteiger charge is 2.34. The summed E-state index contributed by atoms with van der Waals surface area (Å²) >= 11 is 0. The molecular formula is C14H29IN4O2. The molecule has 0 saturated heterocycles. The lowest BCUT2D eigenvalue weighted by atomic mass is 10.2. The standard InChI is InChI=1S/C14H28N4O2.HI/c1-5-8-16-12(15)17-9-10-18(11-6-7-11)13(19)20-14(2,3)4;/h11H,5-10H2,1-4H3,(H3,15,16,17);1H. The van der Waals surface area contributed by atoms with Crippen molar-refractivity contribution in [3.05, 3.63) is 0 Å². The fourth-order valence-corrected chi connectivity index (χ4v) is 1.72. The summed E-state index contributed by atoms with van der Waals surface area (Å²) in [6.07, 6.45) is 2.83. The van der Waals surface area contributed by atoms with Gasteiger partial charge in [0.05, 0.1) is 0 Å². The van der Waals surface area contributed by atoms with Crippen molar-refractivity contribution in [3.63, 3.8) is 0 Å². The number of aliphatic imine (C=N–C) groups is 1. The number of halogens is 1. The number of nitrogens with zero attached hydrogens (tertiary/aromatic N) is 2. The molecule has 1 fully saturated rings. The van der Waals surface area contributed by atoms with Crippen molar-refractivity contribution in [2.75, 3.05) is 19.6 Å². The highest BCUT2D eigenvalue weighted by atomic mass is 127. The zero-order valence-corrected chi connectivity index (χ0v) is 15.8. The van der Waals surface area contributed by atoms with Gasteiger partial charge in [0.15, 0.2) is 5.96 Å². The van der Waals surface area contributed by atoms with Crippen molar-refractivity contribution >= 4 is 36.0 Å². The first-order chi connectivity index (χ1) is 9.33. The number of nitrogens with one attached hydrogen (secondary N) is 1. The highest BCUT2D eigenvalue weighted by Crippen LogP contribution is 2.27. The average Bonchev–Trinajstić information content (AvgIpc) is 3.13. The van der Waals surface area contributed by atoms with Crippen LogP contribution in [-0.4, -0.2) is 48.2 Å². The van der Waals surface area contributed by atoms with Gasteiger partial charge in [-0.3, -0.25) is 4.99 Å². The van der Waals surface area contributed by atoms with Crippen LogP contribution in [0.2, 0.25) is 0 Å². The summed E-state index contributed by atoms with van der Waals surface area (Å²) in [6.45, 7) is 9.58. The van der Waals surface area contributed by atoms with Gasteiger partial charge in [0.25, 0.3) is 0 Å². The lowest BCUT2D eigenvalue weighted by Crippen LogP contribution is -2.44. The Morgan fingerprint density at radius 2 is 2.05 bits per heavy atom. The van der Waals surface area contributed by atoms with E-state index in [-0.39, 0.29) is 30.1 Å². The van der Waals surface area contributed by atoms with Gasteiger partial charge in [-0.05, 0) is 40.0 Å². The van der Waals surface area contributed by atoms with Crippen molar-refractivity contribution in [1.82, 2.24) is 10.2 Å². The topological polar surface area (TPSA) is 80.0 Å². The van der Waals surface area contributed by atoms with E-state index in [9.17, 15) is 4.79 Å². The summed E-state index contributed by atoms with van der Waals surface area (Å²) in [4.78, 5) is 18.0. The number of nitrogens with two attached hydrogens (primary N) is 1. The van der Waals surface area contributed by atoms with E-state index in [4.69, 9.17) is 10.5 Å². The molecule has 0 aromatic carbocycles. The van der Waals surface area contributed by atoms with Crippen LogP contribution in [0.15, 0.2) is 4.99 Å². The molecule has 1 amide bonds. The summed E-state index contributed by atoms with van der Waals surface area (Å²) in [6, 6.07) is 0.320. The molecule has 3 N–H and O–H groups in total. The van der Waals surface area contributed by atoms with Gasteiger partial charge >= 0.3 is 6.09 Å². The quantitative estimate of drug-likeness (QED) is 0.399. The van der Waals surface area contributed by atoms with E-state index in [1.165, 1.54) is 0 Å². The summed E-state index contributed by atoms with van der Waals surface area (Å²) in [7, 11) is 0. The molecule has 0 aliphatic heterocycles. The average molecular weight is 412 g/mol. The molecule has 0 unspecified atom stereocenters. The maximum Gasteiger partial charge on any atom is 0.410 e. The van der Waals surface area contributed by atoms with Crippen LogP contribution in [0.5, 0.6) is 0 Å². The first kappa shape index (κ1) is 20.3. The SMILES string of the molecule is CCCN=C(N)NCCN(C(=O)OC(C)(C)C)C1CC1.I. The summed E-state index contributed by atoms with van der Waals surface area (Å²) in [5.74, 6) is 0.437. The van der Waals surface area contributed by atoms with E-state index >= 15 is 0 Å². The van der Waals surface area contributed by atoms with Gasteiger partial charge < -0.3 is 20.7 Å². The molecule has 0 heterocycles. The van der Waals surface area contributed by atoms with Crippen LogP contribution in [0.1, 0.15) is 47.0 Å². The third-order valence-corrected chi connectivity index (χ3v) is 2.78. The number of carbonyl (C=O) groups is 1. The van der Waals surface area contributed by atoms with Crippen LogP contribution in [0.3, 0.4) is 0 Å². The summed E-state index contributed by atoms with van der Waals surface area (Å²) < 4.78 is 5.42. The fourth-order valence-electron chi connectivity index (χ4n) is 1.72. The van der Waals surface area contributed by atoms with Crippen molar-refractivity contribution in [2.24, 2.45) is 10.7 Å². The van der Waals surface area contributed by atoms with Crippen LogP contribution < -0.4 is 11.1 Å². The Morgan fingerprint density at radius 1 is 1.43 bits per heavy atom. The minimum atomic E-state index is -0.459. The maximum absolute atomic E-state index is 12.1. The maximum atomic E-state index is 12.1. The fraction of sp³-hybridized carbons (Fsp3) is 0.857. The van der Waals surface area contributed by atoms with Crippen LogP contribution in [0.4, 0.5) is 4.79 Å². The normalized spacial score (nSPS) is 15.1. The molecule has 124 valence electrons. The molecule has 7 heteroatoms. The largest absolute Gasteiger partial charge is 0.444 e. The summed E-state index contributed by atoms with van der Waals surface area (Å²) in [5, 5.41) is 3.03. The molecule has 0 aromatic rings. The van der Waals surface area contributed by atoms with Crippen LogP contribution in [0.25, 0.3) is 0 Å². The Morgan fingerprint density at radius 3 is 2.52 bits per heavy atom. The first-order valence-electron chi connectivity index (χ1n) is 7.37. The van der Waals surface area contributed by atoms with Gasteiger partial charge in [-0.25, -0.2) is 4.79 Å². The van der Waals surface area contributed by atoms with Gasteiger partial charge in [-0.2, -0.15) is 0 Å². The van der Waals surface area contributed by atoms with Crippen molar-refractivity contribution in [2.45, 2.75) is 58.6 Å². The molecule has 21 heavy (non-hydrogen) atoms. The zero-order chi connectivity index (χ0) is 15.2. The number of hydrogen-bond donors (Lipinski definition) is 2. The lowest BCUT2D eigenvalue weighted by molar-refractivity contribution is 0.0238. The molecule has 0 radical (unpaired) electrons. The van der Waals surface area contributed by atoms with Crippen LogP contribution >= 0.6 is 24.0 Å². The highest BCUT2D eigenvalue weighted by molar-refractivity contribution is 14.0. The minimum Gasteiger partial charge on any atom is -0.444 e. The Kier molecular flexibility index (Phi) is 9.00. The van der Waals surface area contributed by atoms with Crippen molar-refractivity contribution in [3.8, 4) is 0 Å². The zero-order valence-electron chi connectivity index (χ0n) is 13.5. The molecule has 1 saturated carbocycles. The molecule has 1 aliphatic carbocycles. The molecule has 0 atom stereocenters. The van der Waals surface area contributed by atoms with E-state index in [0.717, 1.165) is 25.8 Å².